The molecule has 2 fully saturated rings. The van der Waals surface area contributed by atoms with Crippen molar-refractivity contribution in [3.8, 4) is 0 Å². The standard InChI is InChI=1S/C18H24N4O3/c1-14(23)20-9-11-22(12-10-20)17(24)15-5-6-19-16(13-15)18(25)21-7-3-2-4-8-21/h5-6,13H,2-4,7-12H2,1H3. The van der Waals surface area contributed by atoms with Gasteiger partial charge < -0.3 is 14.7 Å². The molecule has 7 nitrogen and oxygen atoms in total. The van der Waals surface area contributed by atoms with Crippen molar-refractivity contribution in [2.45, 2.75) is 26.2 Å². The number of pyridine rings is 1. The average molecular weight is 344 g/mol. The Morgan fingerprint density at radius 2 is 1.44 bits per heavy atom. The van der Waals surface area contributed by atoms with Crippen LogP contribution < -0.4 is 0 Å². The zero-order valence-corrected chi connectivity index (χ0v) is 14.6. The summed E-state index contributed by atoms with van der Waals surface area (Å²) < 4.78 is 0. The summed E-state index contributed by atoms with van der Waals surface area (Å²) >= 11 is 0. The number of carbonyl (C=O) groups excluding carboxylic acids is 3. The second-order valence-electron chi connectivity index (χ2n) is 6.58. The Morgan fingerprint density at radius 3 is 2.08 bits per heavy atom. The van der Waals surface area contributed by atoms with Gasteiger partial charge in [0.05, 0.1) is 0 Å². The van der Waals surface area contributed by atoms with Gasteiger partial charge in [-0.05, 0) is 31.4 Å². The van der Waals surface area contributed by atoms with Crippen molar-refractivity contribution in [1.29, 1.82) is 0 Å². The van der Waals surface area contributed by atoms with Crippen LogP contribution in [0.4, 0.5) is 0 Å². The molecule has 0 atom stereocenters. The lowest BCUT2D eigenvalue weighted by Crippen LogP contribution is -2.50. The van der Waals surface area contributed by atoms with Gasteiger partial charge in [0.2, 0.25) is 5.91 Å². The molecule has 0 aromatic carbocycles. The van der Waals surface area contributed by atoms with E-state index in [9.17, 15) is 14.4 Å². The number of hydrogen-bond acceptors (Lipinski definition) is 4. The topological polar surface area (TPSA) is 73.8 Å². The Balaban J connectivity index is 1.67. The first-order valence-corrected chi connectivity index (χ1v) is 8.86. The van der Waals surface area contributed by atoms with Gasteiger partial charge in [0.25, 0.3) is 11.8 Å². The third kappa shape index (κ3) is 3.97. The molecule has 7 heteroatoms. The van der Waals surface area contributed by atoms with E-state index in [4.69, 9.17) is 0 Å². The highest BCUT2D eigenvalue weighted by atomic mass is 16.2. The number of carbonyl (C=O) groups is 3. The molecule has 3 amide bonds. The number of rotatable bonds is 2. The number of aromatic nitrogens is 1. The van der Waals surface area contributed by atoms with E-state index < -0.39 is 0 Å². The Labute approximate surface area is 147 Å². The SMILES string of the molecule is CC(=O)N1CCN(C(=O)c2ccnc(C(=O)N3CCCCC3)c2)CC1. The van der Waals surface area contributed by atoms with Gasteiger partial charge in [-0.2, -0.15) is 0 Å². The molecule has 0 saturated carbocycles. The molecule has 3 heterocycles. The fourth-order valence-electron chi connectivity index (χ4n) is 3.35. The van der Waals surface area contributed by atoms with E-state index in [0.29, 0.717) is 37.4 Å². The molecule has 0 unspecified atom stereocenters. The molecular weight excluding hydrogens is 320 g/mol. The molecule has 134 valence electrons. The number of amides is 3. The summed E-state index contributed by atoms with van der Waals surface area (Å²) in [5.41, 5.74) is 0.807. The van der Waals surface area contributed by atoms with Crippen LogP contribution >= 0.6 is 0 Å². The fraction of sp³-hybridized carbons (Fsp3) is 0.556. The zero-order chi connectivity index (χ0) is 17.8. The number of piperazine rings is 1. The Morgan fingerprint density at radius 1 is 0.840 bits per heavy atom. The highest BCUT2D eigenvalue weighted by molar-refractivity contribution is 5.98. The average Bonchev–Trinajstić information content (AvgIpc) is 2.67. The first-order valence-electron chi connectivity index (χ1n) is 8.86. The lowest BCUT2D eigenvalue weighted by atomic mass is 10.1. The second-order valence-corrected chi connectivity index (χ2v) is 6.58. The molecule has 0 bridgehead atoms. The summed E-state index contributed by atoms with van der Waals surface area (Å²) in [4.78, 5) is 46.1. The fourth-order valence-corrected chi connectivity index (χ4v) is 3.35. The van der Waals surface area contributed by atoms with E-state index in [2.05, 4.69) is 4.98 Å². The van der Waals surface area contributed by atoms with Gasteiger partial charge in [-0.15, -0.1) is 0 Å². The van der Waals surface area contributed by atoms with E-state index in [0.717, 1.165) is 32.4 Å². The number of likely N-dealkylation sites (tertiary alicyclic amines) is 1. The Hall–Kier alpha value is -2.44. The maximum Gasteiger partial charge on any atom is 0.272 e. The van der Waals surface area contributed by atoms with E-state index >= 15 is 0 Å². The maximum absolute atomic E-state index is 12.7. The van der Waals surface area contributed by atoms with Crippen LogP contribution in [0.1, 0.15) is 47.0 Å². The van der Waals surface area contributed by atoms with Gasteiger partial charge in [0.15, 0.2) is 0 Å². The van der Waals surface area contributed by atoms with Gasteiger partial charge in [-0.3, -0.25) is 19.4 Å². The van der Waals surface area contributed by atoms with Gasteiger partial charge in [-0.25, -0.2) is 0 Å². The molecule has 0 N–H and O–H groups in total. The van der Waals surface area contributed by atoms with Gasteiger partial charge in [0.1, 0.15) is 5.69 Å². The largest absolute Gasteiger partial charge is 0.339 e. The van der Waals surface area contributed by atoms with Crippen LogP contribution in [0.15, 0.2) is 18.3 Å². The first kappa shape index (κ1) is 17.4. The lowest BCUT2D eigenvalue weighted by Gasteiger charge is -2.34. The summed E-state index contributed by atoms with van der Waals surface area (Å²) in [6.45, 7) is 5.17. The van der Waals surface area contributed by atoms with E-state index in [-0.39, 0.29) is 17.7 Å². The van der Waals surface area contributed by atoms with Crippen molar-refractivity contribution in [2.24, 2.45) is 0 Å². The van der Waals surface area contributed by atoms with Crippen LogP contribution in [0, 0.1) is 0 Å². The smallest absolute Gasteiger partial charge is 0.272 e. The van der Waals surface area contributed by atoms with Crippen molar-refractivity contribution in [3.05, 3.63) is 29.6 Å². The number of piperidine rings is 1. The third-order valence-corrected chi connectivity index (χ3v) is 4.88. The van der Waals surface area contributed by atoms with Crippen LogP contribution in [0.3, 0.4) is 0 Å². The van der Waals surface area contributed by atoms with Crippen molar-refractivity contribution in [2.75, 3.05) is 39.3 Å². The van der Waals surface area contributed by atoms with Crippen LogP contribution in [0.2, 0.25) is 0 Å². The van der Waals surface area contributed by atoms with E-state index in [1.165, 1.54) is 6.20 Å². The summed E-state index contributed by atoms with van der Waals surface area (Å²) in [5.74, 6) is -0.181. The van der Waals surface area contributed by atoms with Crippen LogP contribution in [-0.4, -0.2) is 76.7 Å². The van der Waals surface area contributed by atoms with E-state index in [1.54, 1.807) is 28.9 Å². The normalized spacial score (nSPS) is 18.2. The molecule has 1 aromatic heterocycles. The molecule has 0 spiro atoms. The van der Waals surface area contributed by atoms with Crippen molar-refractivity contribution >= 4 is 17.7 Å². The summed E-state index contributed by atoms with van der Waals surface area (Å²) in [7, 11) is 0. The molecular formula is C18H24N4O3. The number of hydrogen-bond donors (Lipinski definition) is 0. The molecule has 1 aromatic rings. The monoisotopic (exact) mass is 344 g/mol. The van der Waals surface area contributed by atoms with E-state index in [1.807, 2.05) is 4.90 Å². The highest BCUT2D eigenvalue weighted by Crippen LogP contribution is 2.14. The van der Waals surface area contributed by atoms with Crippen molar-refractivity contribution < 1.29 is 14.4 Å². The molecule has 2 aliphatic heterocycles. The van der Waals surface area contributed by atoms with Crippen molar-refractivity contribution in [3.63, 3.8) is 0 Å². The summed E-state index contributed by atoms with van der Waals surface area (Å²) in [5, 5.41) is 0. The molecule has 2 aliphatic rings. The van der Waals surface area contributed by atoms with Gasteiger partial charge in [-0.1, -0.05) is 0 Å². The lowest BCUT2D eigenvalue weighted by molar-refractivity contribution is -0.130. The molecule has 25 heavy (non-hydrogen) atoms. The minimum atomic E-state index is -0.113. The molecule has 0 radical (unpaired) electrons. The van der Waals surface area contributed by atoms with Crippen LogP contribution in [-0.2, 0) is 4.79 Å². The zero-order valence-electron chi connectivity index (χ0n) is 14.6. The molecule has 0 aliphatic carbocycles. The molecule has 2 saturated heterocycles. The van der Waals surface area contributed by atoms with Crippen LogP contribution in [0.5, 0.6) is 0 Å². The molecule has 3 rings (SSSR count). The second kappa shape index (κ2) is 7.63. The third-order valence-electron chi connectivity index (χ3n) is 4.88. The minimum Gasteiger partial charge on any atom is -0.339 e. The Kier molecular flexibility index (Phi) is 5.31. The summed E-state index contributed by atoms with van der Waals surface area (Å²) in [6, 6.07) is 3.24. The quantitative estimate of drug-likeness (QED) is 0.803. The first-order chi connectivity index (χ1) is 12.1. The predicted octanol–water partition coefficient (Wildman–Crippen LogP) is 1.01. The van der Waals surface area contributed by atoms with Crippen LogP contribution in [0.25, 0.3) is 0 Å². The minimum absolute atomic E-state index is 0.0328. The van der Waals surface area contributed by atoms with Crippen molar-refractivity contribution in [1.82, 2.24) is 19.7 Å². The summed E-state index contributed by atoms with van der Waals surface area (Å²) in [6.07, 6.45) is 4.72. The Bertz CT molecular complexity index is 662. The van der Waals surface area contributed by atoms with Gasteiger partial charge >= 0.3 is 0 Å². The maximum atomic E-state index is 12.7. The predicted molar refractivity (Wildman–Crippen MR) is 92.1 cm³/mol. The number of nitrogens with zero attached hydrogens (tertiary/aromatic N) is 4. The highest BCUT2D eigenvalue weighted by Gasteiger charge is 2.25. The van der Waals surface area contributed by atoms with Gasteiger partial charge in [0, 0.05) is 58.0 Å².